The van der Waals surface area contributed by atoms with Gasteiger partial charge < -0.3 is 10.3 Å². The zero-order chi connectivity index (χ0) is 11.7. The molecule has 1 unspecified atom stereocenters. The molecule has 1 aromatic rings. The van der Waals surface area contributed by atoms with Crippen LogP contribution >= 0.6 is 0 Å². The Balaban J connectivity index is 1.74. The molecule has 0 spiro atoms. The fourth-order valence-electron chi connectivity index (χ4n) is 2.64. The second kappa shape index (κ2) is 4.61. The van der Waals surface area contributed by atoms with Crippen molar-refractivity contribution in [3.8, 4) is 0 Å². The summed E-state index contributed by atoms with van der Waals surface area (Å²) < 4.78 is 0. The van der Waals surface area contributed by atoms with Gasteiger partial charge in [-0.3, -0.25) is 0 Å². The quantitative estimate of drug-likeness (QED) is 0.824. The molecule has 1 atom stereocenters. The standard InChI is InChI=1S/C13H19N3O/c17-13-15-11(6-9-2-1-5-14-8-9)7-12(16-13)10-3-4-10/h7,9-10,14H,1-6,8H2,(H,15,16,17). The molecule has 1 aromatic heterocycles. The van der Waals surface area contributed by atoms with E-state index in [1.165, 1.54) is 25.7 Å². The lowest BCUT2D eigenvalue weighted by Gasteiger charge is -2.22. The first kappa shape index (κ1) is 11.0. The smallest absolute Gasteiger partial charge is 0.316 e. The van der Waals surface area contributed by atoms with Crippen LogP contribution in [0.15, 0.2) is 10.9 Å². The van der Waals surface area contributed by atoms with Crippen molar-refractivity contribution < 1.29 is 0 Å². The summed E-state index contributed by atoms with van der Waals surface area (Å²) in [6.45, 7) is 2.21. The molecule has 3 rings (SSSR count). The molecule has 2 fully saturated rings. The number of hydrogen-bond acceptors (Lipinski definition) is 3. The highest BCUT2D eigenvalue weighted by molar-refractivity contribution is 5.17. The molecule has 2 heterocycles. The Bertz CT molecular complexity index is 444. The number of hydrogen-bond donors (Lipinski definition) is 2. The second-order valence-corrected chi connectivity index (χ2v) is 5.33. The Kier molecular flexibility index (Phi) is 2.97. The zero-order valence-electron chi connectivity index (χ0n) is 10.0. The monoisotopic (exact) mass is 233 g/mol. The second-order valence-electron chi connectivity index (χ2n) is 5.33. The Morgan fingerprint density at radius 1 is 1.35 bits per heavy atom. The first-order valence-electron chi connectivity index (χ1n) is 6.62. The summed E-state index contributed by atoms with van der Waals surface area (Å²) in [5.41, 5.74) is 1.90. The summed E-state index contributed by atoms with van der Waals surface area (Å²) in [5, 5.41) is 3.41. The maximum absolute atomic E-state index is 11.5. The van der Waals surface area contributed by atoms with Gasteiger partial charge in [0.05, 0.1) is 5.69 Å². The van der Waals surface area contributed by atoms with Gasteiger partial charge in [0.15, 0.2) is 0 Å². The number of piperidine rings is 1. The van der Waals surface area contributed by atoms with Crippen LogP contribution in [0.5, 0.6) is 0 Å². The third-order valence-corrected chi connectivity index (χ3v) is 3.72. The van der Waals surface area contributed by atoms with Gasteiger partial charge in [-0.2, -0.15) is 4.98 Å². The molecule has 17 heavy (non-hydrogen) atoms. The number of rotatable bonds is 3. The average Bonchev–Trinajstić information content (AvgIpc) is 3.13. The average molecular weight is 233 g/mol. The van der Waals surface area contributed by atoms with E-state index in [0.717, 1.165) is 30.9 Å². The van der Waals surface area contributed by atoms with Gasteiger partial charge in [0, 0.05) is 11.6 Å². The van der Waals surface area contributed by atoms with Gasteiger partial charge in [-0.1, -0.05) is 0 Å². The fraction of sp³-hybridized carbons (Fsp3) is 0.692. The first-order valence-corrected chi connectivity index (χ1v) is 6.62. The highest BCUT2D eigenvalue weighted by atomic mass is 16.1. The minimum absolute atomic E-state index is 0.173. The Hall–Kier alpha value is -1.16. The van der Waals surface area contributed by atoms with Gasteiger partial charge in [-0.25, -0.2) is 4.79 Å². The van der Waals surface area contributed by atoms with Gasteiger partial charge in [0.25, 0.3) is 0 Å². The van der Waals surface area contributed by atoms with Gasteiger partial charge >= 0.3 is 5.69 Å². The van der Waals surface area contributed by atoms with E-state index in [9.17, 15) is 4.79 Å². The lowest BCUT2D eigenvalue weighted by molar-refractivity contribution is 0.373. The normalized spacial score (nSPS) is 24.8. The van der Waals surface area contributed by atoms with E-state index in [2.05, 4.69) is 21.4 Å². The van der Waals surface area contributed by atoms with Gasteiger partial charge in [0.2, 0.25) is 0 Å². The van der Waals surface area contributed by atoms with Crippen molar-refractivity contribution in [2.45, 2.75) is 38.0 Å². The summed E-state index contributed by atoms with van der Waals surface area (Å²) in [7, 11) is 0. The molecule has 2 N–H and O–H groups in total. The Morgan fingerprint density at radius 3 is 2.94 bits per heavy atom. The maximum Gasteiger partial charge on any atom is 0.345 e. The Morgan fingerprint density at radius 2 is 2.24 bits per heavy atom. The molecule has 0 bridgehead atoms. The first-order chi connectivity index (χ1) is 8.31. The third kappa shape index (κ3) is 2.75. The molecule has 0 aromatic carbocycles. The van der Waals surface area contributed by atoms with E-state index in [-0.39, 0.29) is 5.69 Å². The SMILES string of the molecule is O=c1nc(C2CC2)cc(CC2CCCNC2)[nH]1. The molecular weight excluding hydrogens is 214 g/mol. The highest BCUT2D eigenvalue weighted by Crippen LogP contribution is 2.38. The molecule has 0 radical (unpaired) electrons. The zero-order valence-corrected chi connectivity index (χ0v) is 10.0. The summed E-state index contributed by atoms with van der Waals surface area (Å²) >= 11 is 0. The lowest BCUT2D eigenvalue weighted by Crippen LogP contribution is -2.31. The van der Waals surface area contributed by atoms with Crippen LogP contribution in [0.25, 0.3) is 0 Å². The third-order valence-electron chi connectivity index (χ3n) is 3.72. The van der Waals surface area contributed by atoms with E-state index in [0.29, 0.717) is 11.8 Å². The lowest BCUT2D eigenvalue weighted by atomic mass is 9.94. The van der Waals surface area contributed by atoms with Crippen LogP contribution in [-0.4, -0.2) is 23.1 Å². The van der Waals surface area contributed by atoms with Crippen LogP contribution in [0.1, 0.15) is 43.0 Å². The minimum Gasteiger partial charge on any atom is -0.316 e. The number of nitrogens with zero attached hydrogens (tertiary/aromatic N) is 1. The number of H-pyrrole nitrogens is 1. The predicted octanol–water partition coefficient (Wildman–Crippen LogP) is 1.19. The highest BCUT2D eigenvalue weighted by Gasteiger charge is 2.26. The van der Waals surface area contributed by atoms with Gasteiger partial charge in [0.1, 0.15) is 0 Å². The van der Waals surface area contributed by atoms with Crippen molar-refractivity contribution in [1.82, 2.24) is 15.3 Å². The van der Waals surface area contributed by atoms with Crippen LogP contribution in [0.3, 0.4) is 0 Å². The van der Waals surface area contributed by atoms with E-state index < -0.39 is 0 Å². The van der Waals surface area contributed by atoms with Crippen LogP contribution < -0.4 is 11.0 Å². The molecule has 0 amide bonds. The summed E-state index contributed by atoms with van der Waals surface area (Å²) in [6.07, 6.45) is 5.87. The van der Waals surface area contributed by atoms with E-state index in [4.69, 9.17) is 0 Å². The van der Waals surface area contributed by atoms with E-state index in [1.54, 1.807) is 0 Å². The molecule has 1 saturated carbocycles. The van der Waals surface area contributed by atoms with Gasteiger partial charge in [-0.05, 0) is 57.2 Å². The molecule has 2 aliphatic rings. The largest absolute Gasteiger partial charge is 0.345 e. The van der Waals surface area contributed by atoms with Crippen LogP contribution in [-0.2, 0) is 6.42 Å². The summed E-state index contributed by atoms with van der Waals surface area (Å²) in [4.78, 5) is 18.4. The van der Waals surface area contributed by atoms with E-state index >= 15 is 0 Å². The van der Waals surface area contributed by atoms with Crippen molar-refractivity contribution in [2.75, 3.05) is 13.1 Å². The van der Waals surface area contributed by atoms with Crippen LogP contribution in [0, 0.1) is 5.92 Å². The van der Waals surface area contributed by atoms with Crippen molar-refractivity contribution in [3.05, 3.63) is 27.9 Å². The summed E-state index contributed by atoms with van der Waals surface area (Å²) in [6, 6.07) is 2.10. The fourth-order valence-corrected chi connectivity index (χ4v) is 2.64. The van der Waals surface area contributed by atoms with E-state index in [1.807, 2.05) is 0 Å². The molecule has 1 aliphatic heterocycles. The van der Waals surface area contributed by atoms with Crippen LogP contribution in [0.2, 0.25) is 0 Å². The molecule has 1 saturated heterocycles. The maximum atomic E-state index is 11.5. The molecule has 1 aliphatic carbocycles. The molecular formula is C13H19N3O. The predicted molar refractivity (Wildman–Crippen MR) is 66.1 cm³/mol. The van der Waals surface area contributed by atoms with Gasteiger partial charge in [-0.15, -0.1) is 0 Å². The summed E-state index contributed by atoms with van der Waals surface area (Å²) in [5.74, 6) is 1.22. The molecule has 4 nitrogen and oxygen atoms in total. The van der Waals surface area contributed by atoms with Crippen molar-refractivity contribution in [2.24, 2.45) is 5.92 Å². The topological polar surface area (TPSA) is 57.8 Å². The number of aromatic amines is 1. The van der Waals surface area contributed by atoms with Crippen molar-refractivity contribution in [3.63, 3.8) is 0 Å². The number of aromatic nitrogens is 2. The minimum atomic E-state index is -0.173. The Labute approximate surface area is 101 Å². The van der Waals surface area contributed by atoms with Crippen molar-refractivity contribution >= 4 is 0 Å². The molecule has 92 valence electrons. The van der Waals surface area contributed by atoms with Crippen molar-refractivity contribution in [1.29, 1.82) is 0 Å². The van der Waals surface area contributed by atoms with Crippen LogP contribution in [0.4, 0.5) is 0 Å². The number of nitrogens with one attached hydrogen (secondary N) is 2. The molecule has 4 heteroatoms.